The Morgan fingerprint density at radius 2 is 1.58 bits per heavy atom. The first-order valence-electron chi connectivity index (χ1n) is 13.9. The predicted molar refractivity (Wildman–Crippen MR) is 163 cm³/mol. The summed E-state index contributed by atoms with van der Waals surface area (Å²) in [5.41, 5.74) is 2.93. The zero-order chi connectivity index (χ0) is 33.6. The molecular formula is C30H38N6O9. The van der Waals surface area contributed by atoms with Crippen molar-refractivity contribution < 1.29 is 43.3 Å². The van der Waals surface area contributed by atoms with E-state index in [-0.39, 0.29) is 0 Å². The van der Waals surface area contributed by atoms with Gasteiger partial charge in [0.1, 0.15) is 11.6 Å². The molecule has 0 aliphatic rings. The summed E-state index contributed by atoms with van der Waals surface area (Å²) in [5.74, 6) is -3.93. The molecule has 0 fully saturated rings. The maximum absolute atomic E-state index is 13.0. The highest BCUT2D eigenvalue weighted by Crippen LogP contribution is 2.16. The van der Waals surface area contributed by atoms with Crippen molar-refractivity contribution in [2.75, 3.05) is 11.9 Å². The number of anilines is 1. The summed E-state index contributed by atoms with van der Waals surface area (Å²) >= 11 is 0. The van der Waals surface area contributed by atoms with Crippen molar-refractivity contribution in [1.82, 2.24) is 21.4 Å². The molecular weight excluding hydrogens is 588 g/mol. The summed E-state index contributed by atoms with van der Waals surface area (Å²) in [5, 5.41) is 22.6. The molecule has 0 bridgehead atoms. The summed E-state index contributed by atoms with van der Waals surface area (Å²) in [7, 11) is 0. The van der Waals surface area contributed by atoms with Gasteiger partial charge < -0.3 is 35.8 Å². The van der Waals surface area contributed by atoms with E-state index in [1.165, 1.54) is 6.21 Å². The quantitative estimate of drug-likeness (QED) is 0.109. The zero-order valence-electron chi connectivity index (χ0n) is 25.6. The Kier molecular flexibility index (Phi) is 13.5. The number of urea groups is 1. The number of hydrogen-bond acceptors (Lipinski definition) is 9. The minimum atomic E-state index is -1.56. The van der Waals surface area contributed by atoms with Crippen LogP contribution in [0.3, 0.4) is 0 Å². The fourth-order valence-corrected chi connectivity index (χ4v) is 3.55. The highest BCUT2D eigenvalue weighted by molar-refractivity contribution is 5.96. The van der Waals surface area contributed by atoms with Crippen molar-refractivity contribution in [1.29, 1.82) is 0 Å². The van der Waals surface area contributed by atoms with Gasteiger partial charge >= 0.3 is 24.1 Å². The fourth-order valence-electron chi connectivity index (χ4n) is 3.55. The largest absolute Gasteiger partial charge is 0.481 e. The summed E-state index contributed by atoms with van der Waals surface area (Å²) in [6, 6.07) is 11.0. The van der Waals surface area contributed by atoms with Crippen molar-refractivity contribution in [3.8, 4) is 0 Å². The SMILES string of the molecule is CC(C)OC(=O)[C@@H](NC(=O)[C@H](CC(=O)O)NC(=O)CNC(=O)Nc1ccc(C=NNC(=O)OC(C)(C)C)cc1)c1ccccc1. The third kappa shape index (κ3) is 14.0. The molecule has 6 N–H and O–H groups in total. The molecule has 0 saturated carbocycles. The second-order valence-electron chi connectivity index (χ2n) is 10.9. The number of aliphatic carboxylic acids is 1. The van der Waals surface area contributed by atoms with Crippen LogP contribution in [0.25, 0.3) is 0 Å². The monoisotopic (exact) mass is 626 g/mol. The van der Waals surface area contributed by atoms with Gasteiger partial charge in [-0.05, 0) is 57.9 Å². The van der Waals surface area contributed by atoms with E-state index in [0.717, 1.165) is 0 Å². The summed E-state index contributed by atoms with van der Waals surface area (Å²) in [6.45, 7) is 7.84. The van der Waals surface area contributed by atoms with Crippen LogP contribution >= 0.6 is 0 Å². The number of rotatable bonds is 13. The number of ether oxygens (including phenoxy) is 2. The Morgan fingerprint density at radius 3 is 2.16 bits per heavy atom. The van der Waals surface area contributed by atoms with Gasteiger partial charge in [-0.15, -0.1) is 0 Å². The molecule has 0 heterocycles. The molecule has 15 heteroatoms. The van der Waals surface area contributed by atoms with Crippen LogP contribution in [0.5, 0.6) is 0 Å². The number of carboxylic acids is 1. The lowest BCUT2D eigenvalue weighted by Crippen LogP contribution is -2.52. The van der Waals surface area contributed by atoms with Gasteiger partial charge in [0.2, 0.25) is 11.8 Å². The average Bonchev–Trinajstić information content (AvgIpc) is 2.94. The van der Waals surface area contributed by atoms with E-state index in [1.54, 1.807) is 89.2 Å². The molecule has 0 aliphatic carbocycles. The molecule has 0 aromatic heterocycles. The lowest BCUT2D eigenvalue weighted by atomic mass is 10.1. The fraction of sp³-hybridized carbons (Fsp3) is 0.367. The standard InChI is InChI=1S/C30H38N6O9/c1-18(2)44-27(41)25(20-9-7-6-8-10-20)35-26(40)22(15-24(38)39)34-23(37)17-31-28(42)33-21-13-11-19(12-14-21)16-32-36-29(43)45-30(3,4)5/h6-14,16,18,22,25H,15,17H2,1-5H3,(H,34,37)(H,35,40)(H,36,43)(H,38,39)(H2,31,33,42)/t22-,25-/m0/s1. The van der Waals surface area contributed by atoms with Crippen LogP contribution < -0.4 is 26.7 Å². The van der Waals surface area contributed by atoms with Crippen molar-refractivity contribution in [3.63, 3.8) is 0 Å². The molecule has 5 amide bonds. The topological polar surface area (TPSA) is 214 Å². The van der Waals surface area contributed by atoms with E-state index in [9.17, 15) is 33.9 Å². The van der Waals surface area contributed by atoms with Crippen LogP contribution in [0, 0.1) is 0 Å². The van der Waals surface area contributed by atoms with Crippen molar-refractivity contribution in [3.05, 3.63) is 65.7 Å². The average molecular weight is 627 g/mol. The van der Waals surface area contributed by atoms with Crippen LogP contribution in [0.2, 0.25) is 0 Å². The van der Waals surface area contributed by atoms with Crippen LogP contribution in [0.1, 0.15) is 58.2 Å². The predicted octanol–water partition coefficient (Wildman–Crippen LogP) is 2.44. The molecule has 0 unspecified atom stereocenters. The molecule has 0 spiro atoms. The Bertz CT molecular complexity index is 1370. The maximum atomic E-state index is 13.0. The molecule has 0 aliphatic heterocycles. The van der Waals surface area contributed by atoms with Crippen molar-refractivity contribution in [2.24, 2.45) is 5.10 Å². The van der Waals surface area contributed by atoms with Gasteiger partial charge in [-0.3, -0.25) is 14.4 Å². The number of hydrazone groups is 1. The summed E-state index contributed by atoms with van der Waals surface area (Å²) in [4.78, 5) is 73.6. The summed E-state index contributed by atoms with van der Waals surface area (Å²) in [6.07, 6.45) is -0.604. The molecule has 0 saturated heterocycles. The Balaban J connectivity index is 1.93. The van der Waals surface area contributed by atoms with E-state index in [4.69, 9.17) is 9.47 Å². The zero-order valence-corrected chi connectivity index (χ0v) is 25.6. The van der Waals surface area contributed by atoms with Gasteiger partial charge in [-0.25, -0.2) is 19.8 Å². The third-order valence-corrected chi connectivity index (χ3v) is 5.38. The number of esters is 1. The van der Waals surface area contributed by atoms with Crippen LogP contribution in [0.15, 0.2) is 59.7 Å². The van der Waals surface area contributed by atoms with Crippen molar-refractivity contribution in [2.45, 2.75) is 64.8 Å². The minimum absolute atomic E-state index is 0.369. The van der Waals surface area contributed by atoms with Crippen LogP contribution in [-0.2, 0) is 28.7 Å². The number of hydrogen-bond donors (Lipinski definition) is 6. The van der Waals surface area contributed by atoms with Crippen LogP contribution in [-0.4, -0.2) is 71.5 Å². The van der Waals surface area contributed by atoms with E-state index in [1.807, 2.05) is 0 Å². The molecule has 15 nitrogen and oxygen atoms in total. The van der Waals surface area contributed by atoms with Gasteiger partial charge in [0.25, 0.3) is 0 Å². The lowest BCUT2D eigenvalue weighted by molar-refractivity contribution is -0.152. The maximum Gasteiger partial charge on any atom is 0.428 e. The van der Waals surface area contributed by atoms with E-state index < -0.39 is 72.6 Å². The first kappa shape index (κ1) is 35.7. The van der Waals surface area contributed by atoms with Gasteiger partial charge in [0.15, 0.2) is 6.04 Å². The second kappa shape index (κ2) is 17.0. The highest BCUT2D eigenvalue weighted by Gasteiger charge is 2.30. The number of benzene rings is 2. The number of carbonyl (C=O) groups excluding carboxylic acids is 5. The van der Waals surface area contributed by atoms with Gasteiger partial charge in [0, 0.05) is 5.69 Å². The molecule has 45 heavy (non-hydrogen) atoms. The number of amides is 5. The summed E-state index contributed by atoms with van der Waals surface area (Å²) < 4.78 is 10.3. The third-order valence-electron chi connectivity index (χ3n) is 5.38. The number of nitrogens with zero attached hydrogens (tertiary/aromatic N) is 1. The first-order chi connectivity index (χ1) is 21.1. The van der Waals surface area contributed by atoms with Gasteiger partial charge in [-0.2, -0.15) is 5.10 Å². The van der Waals surface area contributed by atoms with E-state index in [2.05, 4.69) is 31.8 Å². The number of carbonyl (C=O) groups is 6. The number of carboxylic acid groups (broad SMARTS) is 1. The van der Waals surface area contributed by atoms with Gasteiger partial charge in [0.05, 0.1) is 25.3 Å². The van der Waals surface area contributed by atoms with Gasteiger partial charge in [-0.1, -0.05) is 42.5 Å². The molecule has 0 radical (unpaired) electrons. The normalized spacial score (nSPS) is 12.4. The highest BCUT2D eigenvalue weighted by atomic mass is 16.6. The Hall–Kier alpha value is -5.47. The van der Waals surface area contributed by atoms with E-state index in [0.29, 0.717) is 16.8 Å². The first-order valence-corrected chi connectivity index (χ1v) is 13.9. The molecule has 2 rings (SSSR count). The van der Waals surface area contributed by atoms with Crippen LogP contribution in [0.4, 0.5) is 15.3 Å². The Labute approximate surface area is 260 Å². The molecule has 242 valence electrons. The lowest BCUT2D eigenvalue weighted by Gasteiger charge is -2.23. The van der Waals surface area contributed by atoms with E-state index >= 15 is 0 Å². The molecule has 2 aromatic carbocycles. The van der Waals surface area contributed by atoms with Crippen molar-refractivity contribution >= 4 is 47.8 Å². The smallest absolute Gasteiger partial charge is 0.428 e. The second-order valence-corrected chi connectivity index (χ2v) is 10.9. The number of nitrogens with one attached hydrogen (secondary N) is 5. The molecule has 2 aromatic rings. The molecule has 2 atom stereocenters. The minimum Gasteiger partial charge on any atom is -0.481 e. The Morgan fingerprint density at radius 1 is 0.933 bits per heavy atom.